The monoisotopic (exact) mass is 392 g/mol. The second-order valence-corrected chi connectivity index (χ2v) is 7.08. The Morgan fingerprint density at radius 1 is 1.17 bits per heavy atom. The molecule has 1 aliphatic heterocycles. The van der Waals surface area contributed by atoms with Gasteiger partial charge >= 0.3 is 0 Å². The first-order valence-corrected chi connectivity index (χ1v) is 9.76. The minimum absolute atomic E-state index is 0.0264. The summed E-state index contributed by atoms with van der Waals surface area (Å²) < 4.78 is 10.4. The molecule has 1 amide bonds. The molecule has 0 saturated carbocycles. The van der Waals surface area contributed by atoms with Gasteiger partial charge in [-0.3, -0.25) is 4.79 Å². The van der Waals surface area contributed by atoms with Crippen LogP contribution in [-0.4, -0.2) is 23.2 Å². The zero-order valence-electron chi connectivity index (χ0n) is 16.4. The zero-order valence-corrected chi connectivity index (χ0v) is 16.4. The van der Waals surface area contributed by atoms with E-state index in [-0.39, 0.29) is 5.91 Å². The van der Waals surface area contributed by atoms with Gasteiger partial charge < -0.3 is 19.9 Å². The number of nitrogens with one attached hydrogen (secondary N) is 2. The van der Waals surface area contributed by atoms with Gasteiger partial charge in [0.1, 0.15) is 5.75 Å². The standard InChI is InChI=1S/C22H24N4O3/c1-28-19-9-7-16(8-10-19)22-25-21(29-26-22)4-2-3-20(27)24-12-15-5-6-17-13-23-14-18(17)11-15/h5-11,23H,2-4,12-14H2,1H3,(H,24,27). The van der Waals surface area contributed by atoms with Gasteiger partial charge in [-0.1, -0.05) is 23.4 Å². The third-order valence-electron chi connectivity index (χ3n) is 5.00. The summed E-state index contributed by atoms with van der Waals surface area (Å²) in [4.78, 5) is 16.5. The minimum Gasteiger partial charge on any atom is -0.497 e. The number of nitrogens with zero attached hydrogens (tertiary/aromatic N) is 2. The molecule has 0 unspecified atom stereocenters. The lowest BCUT2D eigenvalue weighted by molar-refractivity contribution is -0.121. The summed E-state index contributed by atoms with van der Waals surface area (Å²) in [6.07, 6.45) is 1.65. The summed E-state index contributed by atoms with van der Waals surface area (Å²) in [6, 6.07) is 13.8. The summed E-state index contributed by atoms with van der Waals surface area (Å²) in [5, 5.41) is 10.3. The van der Waals surface area contributed by atoms with Crippen LogP contribution in [-0.2, 0) is 30.8 Å². The first kappa shape index (κ1) is 19.1. The Hall–Kier alpha value is -3.19. The molecule has 0 spiro atoms. The molecule has 4 rings (SSSR count). The molecular weight excluding hydrogens is 368 g/mol. The van der Waals surface area contributed by atoms with Gasteiger partial charge in [-0.2, -0.15) is 4.98 Å². The Balaban J connectivity index is 1.21. The van der Waals surface area contributed by atoms with Crippen LogP contribution in [0.4, 0.5) is 0 Å². The third-order valence-corrected chi connectivity index (χ3v) is 5.00. The van der Waals surface area contributed by atoms with E-state index in [0.29, 0.717) is 37.5 Å². The van der Waals surface area contributed by atoms with Crippen LogP contribution >= 0.6 is 0 Å². The van der Waals surface area contributed by atoms with Crippen LogP contribution in [0.15, 0.2) is 47.0 Å². The summed E-state index contributed by atoms with van der Waals surface area (Å²) in [6.45, 7) is 2.38. The Bertz CT molecular complexity index is 982. The van der Waals surface area contributed by atoms with Crippen molar-refractivity contribution in [1.29, 1.82) is 0 Å². The number of ether oxygens (including phenoxy) is 1. The van der Waals surface area contributed by atoms with Crippen LogP contribution in [0, 0.1) is 0 Å². The van der Waals surface area contributed by atoms with E-state index >= 15 is 0 Å². The van der Waals surface area contributed by atoms with E-state index in [1.54, 1.807) is 7.11 Å². The second kappa shape index (κ2) is 8.87. The maximum atomic E-state index is 12.1. The van der Waals surface area contributed by atoms with E-state index < -0.39 is 0 Å². The van der Waals surface area contributed by atoms with E-state index in [4.69, 9.17) is 9.26 Å². The number of aromatic nitrogens is 2. The number of rotatable bonds is 8. The molecule has 0 bridgehead atoms. The summed E-state index contributed by atoms with van der Waals surface area (Å²) >= 11 is 0. The molecule has 7 nitrogen and oxygen atoms in total. The van der Waals surface area contributed by atoms with Crippen molar-refractivity contribution in [2.24, 2.45) is 0 Å². The molecule has 1 aliphatic rings. The summed E-state index contributed by atoms with van der Waals surface area (Å²) in [5.41, 5.74) is 4.65. The Kier molecular flexibility index (Phi) is 5.86. The molecule has 150 valence electrons. The molecule has 2 aromatic carbocycles. The fourth-order valence-corrected chi connectivity index (χ4v) is 3.36. The van der Waals surface area contributed by atoms with Crippen molar-refractivity contribution in [2.45, 2.75) is 38.9 Å². The van der Waals surface area contributed by atoms with Crippen molar-refractivity contribution in [3.63, 3.8) is 0 Å². The van der Waals surface area contributed by atoms with Gasteiger partial charge in [0, 0.05) is 38.0 Å². The van der Waals surface area contributed by atoms with Crippen LogP contribution in [0.5, 0.6) is 5.75 Å². The number of carbonyl (C=O) groups excluding carboxylic acids is 1. The Morgan fingerprint density at radius 2 is 2.00 bits per heavy atom. The van der Waals surface area contributed by atoms with Crippen molar-refractivity contribution >= 4 is 5.91 Å². The molecule has 0 radical (unpaired) electrons. The van der Waals surface area contributed by atoms with Crippen LogP contribution in [0.25, 0.3) is 11.4 Å². The van der Waals surface area contributed by atoms with Gasteiger partial charge in [-0.05, 0) is 47.4 Å². The normalized spacial score (nSPS) is 12.6. The van der Waals surface area contributed by atoms with E-state index in [9.17, 15) is 4.79 Å². The maximum Gasteiger partial charge on any atom is 0.226 e. The van der Waals surface area contributed by atoms with Crippen LogP contribution < -0.4 is 15.4 Å². The zero-order chi connectivity index (χ0) is 20.1. The summed E-state index contributed by atoms with van der Waals surface area (Å²) in [5.74, 6) is 1.88. The fourth-order valence-electron chi connectivity index (χ4n) is 3.36. The number of hydrogen-bond acceptors (Lipinski definition) is 6. The SMILES string of the molecule is COc1ccc(-c2noc(CCCC(=O)NCc3ccc4c(c3)CNC4)n2)cc1. The highest BCUT2D eigenvalue weighted by atomic mass is 16.5. The molecular formula is C22H24N4O3. The minimum atomic E-state index is 0.0264. The topological polar surface area (TPSA) is 89.3 Å². The largest absolute Gasteiger partial charge is 0.497 e. The maximum absolute atomic E-state index is 12.1. The molecule has 0 aliphatic carbocycles. The highest BCUT2D eigenvalue weighted by Gasteiger charge is 2.12. The molecule has 1 aromatic heterocycles. The Morgan fingerprint density at radius 3 is 2.83 bits per heavy atom. The van der Waals surface area contributed by atoms with Crippen molar-refractivity contribution in [3.8, 4) is 17.1 Å². The molecule has 3 aromatic rings. The van der Waals surface area contributed by atoms with Crippen LogP contribution in [0.1, 0.15) is 35.4 Å². The molecule has 2 heterocycles. The molecule has 29 heavy (non-hydrogen) atoms. The number of hydrogen-bond donors (Lipinski definition) is 2. The smallest absolute Gasteiger partial charge is 0.226 e. The van der Waals surface area contributed by atoms with Gasteiger partial charge in [0.2, 0.25) is 17.6 Å². The van der Waals surface area contributed by atoms with E-state index in [2.05, 4.69) is 39.0 Å². The lowest BCUT2D eigenvalue weighted by atomic mass is 10.1. The molecule has 2 N–H and O–H groups in total. The van der Waals surface area contributed by atoms with Crippen LogP contribution in [0.2, 0.25) is 0 Å². The molecule has 7 heteroatoms. The average molecular weight is 392 g/mol. The number of fused-ring (bicyclic) bond motifs is 1. The van der Waals surface area contributed by atoms with Crippen molar-refractivity contribution < 1.29 is 14.1 Å². The van der Waals surface area contributed by atoms with Gasteiger partial charge in [0.05, 0.1) is 7.11 Å². The van der Waals surface area contributed by atoms with Gasteiger partial charge in [-0.25, -0.2) is 0 Å². The lowest BCUT2D eigenvalue weighted by Gasteiger charge is -2.06. The first-order valence-electron chi connectivity index (χ1n) is 9.76. The molecule has 0 fully saturated rings. The van der Waals surface area contributed by atoms with Gasteiger partial charge in [-0.15, -0.1) is 0 Å². The molecule has 0 atom stereocenters. The third kappa shape index (κ3) is 4.81. The number of carbonyl (C=O) groups is 1. The predicted octanol–water partition coefficient (Wildman–Crippen LogP) is 2.99. The van der Waals surface area contributed by atoms with Crippen molar-refractivity contribution in [1.82, 2.24) is 20.8 Å². The molecule has 0 saturated heterocycles. The van der Waals surface area contributed by atoms with Crippen molar-refractivity contribution in [2.75, 3.05) is 7.11 Å². The van der Waals surface area contributed by atoms with E-state index in [1.165, 1.54) is 11.1 Å². The average Bonchev–Trinajstić information content (AvgIpc) is 3.41. The van der Waals surface area contributed by atoms with E-state index in [1.807, 2.05) is 24.3 Å². The predicted molar refractivity (Wildman–Crippen MR) is 108 cm³/mol. The number of amides is 1. The van der Waals surface area contributed by atoms with E-state index in [0.717, 1.165) is 30.0 Å². The number of aryl methyl sites for hydroxylation is 1. The summed E-state index contributed by atoms with van der Waals surface area (Å²) in [7, 11) is 1.63. The van der Waals surface area contributed by atoms with Crippen LogP contribution in [0.3, 0.4) is 0 Å². The first-order chi connectivity index (χ1) is 14.2. The highest BCUT2D eigenvalue weighted by molar-refractivity contribution is 5.75. The lowest BCUT2D eigenvalue weighted by Crippen LogP contribution is -2.22. The number of methoxy groups -OCH3 is 1. The number of benzene rings is 2. The fraction of sp³-hybridized carbons (Fsp3) is 0.318. The Labute approximate surface area is 169 Å². The van der Waals surface area contributed by atoms with Crippen molar-refractivity contribution in [3.05, 3.63) is 65.0 Å². The quantitative estimate of drug-likeness (QED) is 0.613. The van der Waals surface area contributed by atoms with Gasteiger partial charge in [0.25, 0.3) is 0 Å². The highest BCUT2D eigenvalue weighted by Crippen LogP contribution is 2.20. The van der Waals surface area contributed by atoms with Gasteiger partial charge in [0.15, 0.2) is 0 Å². The second-order valence-electron chi connectivity index (χ2n) is 7.08.